The lowest BCUT2D eigenvalue weighted by Crippen LogP contribution is -2.24. The first-order valence-corrected chi connectivity index (χ1v) is 4.08. The van der Waals surface area contributed by atoms with Gasteiger partial charge >= 0.3 is 5.97 Å². The molecule has 0 spiro atoms. The maximum Gasteiger partial charge on any atom is 0.338 e. The van der Waals surface area contributed by atoms with E-state index in [0.717, 1.165) is 0 Å². The molecule has 0 fully saturated rings. The van der Waals surface area contributed by atoms with Gasteiger partial charge in [0.15, 0.2) is 0 Å². The van der Waals surface area contributed by atoms with Gasteiger partial charge in [-0.05, 0) is 26.8 Å². The third kappa shape index (κ3) is 5.91. The number of carbonyl (C=O) groups is 1. The van der Waals surface area contributed by atoms with Gasteiger partial charge < -0.3 is 4.74 Å². The standard InChI is InChI=1S/C11H16O2/c1-6-7-8-9(2)10(12)13-11(3,4)5/h6-8H,1-2H2,3-5H3. The van der Waals surface area contributed by atoms with Crippen LogP contribution < -0.4 is 0 Å². The molecule has 0 aliphatic heterocycles. The largest absolute Gasteiger partial charge is 0.456 e. The summed E-state index contributed by atoms with van der Waals surface area (Å²) < 4.78 is 5.07. The van der Waals surface area contributed by atoms with Crippen LogP contribution in [-0.2, 0) is 9.53 Å². The molecule has 2 heteroatoms. The Morgan fingerprint density at radius 3 is 2.31 bits per heavy atom. The number of hydrogen-bond donors (Lipinski definition) is 0. The highest BCUT2D eigenvalue weighted by atomic mass is 16.6. The molecule has 2 nitrogen and oxygen atoms in total. The van der Waals surface area contributed by atoms with Gasteiger partial charge in [0.25, 0.3) is 0 Å². The van der Waals surface area contributed by atoms with E-state index in [1.807, 2.05) is 20.8 Å². The third-order valence-electron chi connectivity index (χ3n) is 1.09. The zero-order valence-corrected chi connectivity index (χ0v) is 8.46. The van der Waals surface area contributed by atoms with Crippen molar-refractivity contribution < 1.29 is 9.53 Å². The summed E-state index contributed by atoms with van der Waals surface area (Å²) in [5.41, 5.74) is -0.142. The molecule has 72 valence electrons. The van der Waals surface area contributed by atoms with Crippen LogP contribution in [0.25, 0.3) is 0 Å². The second-order valence-electron chi connectivity index (χ2n) is 3.62. The Balaban J connectivity index is 4.21. The summed E-state index contributed by atoms with van der Waals surface area (Å²) in [5.74, 6) is -0.398. The second kappa shape index (κ2) is 4.65. The highest BCUT2D eigenvalue weighted by Crippen LogP contribution is 2.10. The molecule has 0 unspecified atom stereocenters. The van der Waals surface area contributed by atoms with Crippen molar-refractivity contribution in [2.24, 2.45) is 0 Å². The van der Waals surface area contributed by atoms with Gasteiger partial charge in [-0.15, -0.1) is 0 Å². The van der Waals surface area contributed by atoms with E-state index in [4.69, 9.17) is 4.74 Å². The van der Waals surface area contributed by atoms with E-state index in [1.165, 1.54) is 0 Å². The Hall–Kier alpha value is -1.31. The molecule has 0 N–H and O–H groups in total. The molecule has 0 amide bonds. The van der Waals surface area contributed by atoms with Crippen LogP contribution in [0.3, 0.4) is 0 Å². The van der Waals surface area contributed by atoms with Crippen LogP contribution in [0.1, 0.15) is 20.8 Å². The number of hydrogen-bond acceptors (Lipinski definition) is 2. The molecule has 0 radical (unpaired) electrons. The number of esters is 1. The van der Waals surface area contributed by atoms with Gasteiger partial charge in [-0.1, -0.05) is 25.3 Å². The highest BCUT2D eigenvalue weighted by molar-refractivity contribution is 5.91. The van der Waals surface area contributed by atoms with Crippen molar-refractivity contribution in [2.75, 3.05) is 0 Å². The lowest BCUT2D eigenvalue weighted by molar-refractivity contribution is -0.149. The van der Waals surface area contributed by atoms with Gasteiger partial charge in [-0.2, -0.15) is 0 Å². The topological polar surface area (TPSA) is 26.3 Å². The minimum absolute atomic E-state index is 0.329. The van der Waals surface area contributed by atoms with Gasteiger partial charge in [0.05, 0.1) is 5.57 Å². The second-order valence-corrected chi connectivity index (χ2v) is 3.62. The number of ether oxygens (including phenoxy) is 1. The van der Waals surface area contributed by atoms with E-state index < -0.39 is 11.6 Å². The Labute approximate surface area is 79.6 Å². The van der Waals surface area contributed by atoms with E-state index in [2.05, 4.69) is 13.2 Å². The van der Waals surface area contributed by atoms with E-state index in [-0.39, 0.29) is 0 Å². The van der Waals surface area contributed by atoms with Crippen LogP contribution in [0.5, 0.6) is 0 Å². The smallest absolute Gasteiger partial charge is 0.338 e. The molecule has 0 rings (SSSR count). The molecule has 0 saturated heterocycles. The predicted octanol–water partition coefficient (Wildman–Crippen LogP) is 2.63. The summed E-state index contributed by atoms with van der Waals surface area (Å²) in [4.78, 5) is 11.3. The van der Waals surface area contributed by atoms with Crippen LogP contribution in [0.2, 0.25) is 0 Å². The van der Waals surface area contributed by atoms with Gasteiger partial charge in [-0.25, -0.2) is 4.79 Å². The van der Waals surface area contributed by atoms with Crippen molar-refractivity contribution in [2.45, 2.75) is 26.4 Å². The normalized spacial score (nSPS) is 11.3. The SMILES string of the molecule is C=CC=CC(=C)C(=O)OC(C)(C)C. The average Bonchev–Trinajstić information content (AvgIpc) is 1.96. The fraction of sp³-hybridized carbons (Fsp3) is 0.364. The Kier molecular flexibility index (Phi) is 4.18. The minimum atomic E-state index is -0.470. The molecular formula is C11H16O2. The average molecular weight is 180 g/mol. The summed E-state index contributed by atoms with van der Waals surface area (Å²) in [6.45, 7) is 12.5. The summed E-state index contributed by atoms with van der Waals surface area (Å²) in [6, 6.07) is 0. The van der Waals surface area contributed by atoms with Gasteiger partial charge in [-0.3, -0.25) is 0 Å². The van der Waals surface area contributed by atoms with E-state index in [9.17, 15) is 4.79 Å². The first kappa shape index (κ1) is 11.7. The molecule has 0 bridgehead atoms. The molecule has 0 aliphatic rings. The number of rotatable bonds is 3. The minimum Gasteiger partial charge on any atom is -0.456 e. The molecule has 13 heavy (non-hydrogen) atoms. The molecular weight excluding hydrogens is 164 g/mol. The molecule has 0 aromatic rings. The molecule has 0 aromatic carbocycles. The van der Waals surface area contributed by atoms with E-state index >= 15 is 0 Å². The summed E-state index contributed by atoms with van der Waals surface area (Å²) in [5, 5.41) is 0. The lowest BCUT2D eigenvalue weighted by Gasteiger charge is -2.19. The third-order valence-corrected chi connectivity index (χ3v) is 1.09. The Morgan fingerprint density at radius 1 is 1.38 bits per heavy atom. The van der Waals surface area contributed by atoms with Crippen molar-refractivity contribution in [3.8, 4) is 0 Å². The first-order valence-electron chi connectivity index (χ1n) is 4.08. The van der Waals surface area contributed by atoms with Crippen molar-refractivity contribution in [1.29, 1.82) is 0 Å². The van der Waals surface area contributed by atoms with Crippen LogP contribution in [0.4, 0.5) is 0 Å². The summed E-state index contributed by atoms with van der Waals surface area (Å²) in [6.07, 6.45) is 4.79. The Bertz CT molecular complexity index is 241. The zero-order chi connectivity index (χ0) is 10.5. The Morgan fingerprint density at radius 2 is 1.92 bits per heavy atom. The fourth-order valence-electron chi connectivity index (χ4n) is 0.596. The van der Waals surface area contributed by atoms with E-state index in [1.54, 1.807) is 18.2 Å². The predicted molar refractivity (Wildman–Crippen MR) is 54.3 cm³/mol. The van der Waals surface area contributed by atoms with Crippen molar-refractivity contribution in [3.63, 3.8) is 0 Å². The van der Waals surface area contributed by atoms with Crippen LogP contribution in [0, 0.1) is 0 Å². The number of carbonyl (C=O) groups excluding carboxylic acids is 1. The summed E-state index contributed by atoms with van der Waals surface area (Å²) in [7, 11) is 0. The van der Waals surface area contributed by atoms with Crippen LogP contribution in [-0.4, -0.2) is 11.6 Å². The maximum atomic E-state index is 11.3. The van der Waals surface area contributed by atoms with Crippen molar-refractivity contribution >= 4 is 5.97 Å². The van der Waals surface area contributed by atoms with E-state index in [0.29, 0.717) is 5.57 Å². The maximum absolute atomic E-state index is 11.3. The summed E-state index contributed by atoms with van der Waals surface area (Å²) >= 11 is 0. The van der Waals surface area contributed by atoms with Crippen LogP contribution >= 0.6 is 0 Å². The first-order chi connectivity index (χ1) is 5.87. The fourth-order valence-corrected chi connectivity index (χ4v) is 0.596. The molecule has 0 atom stereocenters. The molecule has 0 saturated carbocycles. The molecule has 0 heterocycles. The van der Waals surface area contributed by atoms with Gasteiger partial charge in [0, 0.05) is 0 Å². The number of allylic oxidation sites excluding steroid dienone is 2. The van der Waals surface area contributed by atoms with Crippen molar-refractivity contribution in [3.05, 3.63) is 37.0 Å². The monoisotopic (exact) mass is 180 g/mol. The van der Waals surface area contributed by atoms with Gasteiger partial charge in [0.1, 0.15) is 5.60 Å². The molecule has 0 aromatic heterocycles. The van der Waals surface area contributed by atoms with Gasteiger partial charge in [0.2, 0.25) is 0 Å². The zero-order valence-electron chi connectivity index (χ0n) is 8.46. The highest BCUT2D eigenvalue weighted by Gasteiger charge is 2.16. The quantitative estimate of drug-likeness (QED) is 0.379. The molecule has 0 aliphatic carbocycles. The van der Waals surface area contributed by atoms with Crippen molar-refractivity contribution in [1.82, 2.24) is 0 Å². The van der Waals surface area contributed by atoms with Crippen LogP contribution in [0.15, 0.2) is 37.0 Å². The lowest BCUT2D eigenvalue weighted by atomic mass is 10.2.